The van der Waals surface area contributed by atoms with Gasteiger partial charge in [0.05, 0.1) is 4.47 Å². The molecular weight excluding hydrogens is 313 g/mol. The third-order valence-electron chi connectivity index (χ3n) is 2.77. The van der Waals surface area contributed by atoms with Gasteiger partial charge >= 0.3 is 0 Å². The number of nitrogens with zero attached hydrogens (tertiary/aromatic N) is 2. The molecule has 0 fully saturated rings. The molecule has 0 aliphatic carbocycles. The number of aryl methyl sites for hydroxylation is 1. The minimum atomic E-state index is -0.445. The Labute approximate surface area is 118 Å². The lowest BCUT2D eigenvalue weighted by Crippen LogP contribution is -2.26. The average Bonchev–Trinajstić information content (AvgIpc) is 2.78. The Bertz CT molecular complexity index is 597. The minimum absolute atomic E-state index is 0.284. The van der Waals surface area contributed by atoms with E-state index in [0.29, 0.717) is 23.0 Å². The van der Waals surface area contributed by atoms with Gasteiger partial charge in [-0.05, 0) is 40.2 Å². The molecule has 0 aliphatic heterocycles. The highest BCUT2D eigenvalue weighted by molar-refractivity contribution is 9.10. The summed E-state index contributed by atoms with van der Waals surface area (Å²) in [6, 6.07) is 6.20. The number of benzene rings is 1. The van der Waals surface area contributed by atoms with E-state index in [1.54, 1.807) is 16.9 Å². The van der Waals surface area contributed by atoms with E-state index in [4.69, 9.17) is 0 Å². The number of carbonyl (C=O) groups excluding carboxylic acids is 1. The van der Waals surface area contributed by atoms with Crippen LogP contribution < -0.4 is 5.32 Å². The second-order valence-corrected chi connectivity index (χ2v) is 4.94. The topological polar surface area (TPSA) is 46.9 Å². The molecule has 2 aromatic rings. The number of rotatable bonds is 4. The summed E-state index contributed by atoms with van der Waals surface area (Å²) >= 11 is 3.05. The molecule has 6 heteroatoms. The van der Waals surface area contributed by atoms with Crippen LogP contribution in [0.5, 0.6) is 0 Å². The first-order chi connectivity index (χ1) is 9.08. The van der Waals surface area contributed by atoms with Crippen LogP contribution in [0.4, 0.5) is 4.39 Å². The first-order valence-electron chi connectivity index (χ1n) is 5.78. The van der Waals surface area contributed by atoms with Crippen LogP contribution in [0.25, 0.3) is 0 Å². The maximum Gasteiger partial charge on any atom is 0.251 e. The molecule has 19 heavy (non-hydrogen) atoms. The maximum atomic E-state index is 13.3. The molecule has 0 bridgehead atoms. The van der Waals surface area contributed by atoms with Gasteiger partial charge in [0, 0.05) is 37.5 Å². The van der Waals surface area contributed by atoms with Gasteiger partial charge in [0.15, 0.2) is 0 Å². The lowest BCUT2D eigenvalue weighted by Gasteiger charge is -2.06. The molecule has 4 nitrogen and oxygen atoms in total. The molecule has 2 rings (SSSR count). The summed E-state index contributed by atoms with van der Waals surface area (Å²) in [5, 5.41) is 6.79. The Hall–Kier alpha value is -1.69. The second kappa shape index (κ2) is 5.97. The summed E-state index contributed by atoms with van der Waals surface area (Å²) in [5.74, 6) is -0.729. The lowest BCUT2D eigenvalue weighted by atomic mass is 10.2. The molecular formula is C13H13BrFN3O. The summed E-state index contributed by atoms with van der Waals surface area (Å²) < 4.78 is 15.4. The van der Waals surface area contributed by atoms with Gasteiger partial charge in [-0.1, -0.05) is 0 Å². The van der Waals surface area contributed by atoms with E-state index in [0.717, 1.165) is 5.69 Å². The van der Waals surface area contributed by atoms with Gasteiger partial charge in [-0.2, -0.15) is 5.10 Å². The van der Waals surface area contributed by atoms with Gasteiger partial charge in [-0.3, -0.25) is 9.48 Å². The molecule has 0 atom stereocenters. The van der Waals surface area contributed by atoms with E-state index in [1.165, 1.54) is 12.1 Å². The van der Waals surface area contributed by atoms with Crippen molar-refractivity contribution in [2.75, 3.05) is 6.54 Å². The number of hydrogen-bond donors (Lipinski definition) is 1. The number of carbonyl (C=O) groups is 1. The van der Waals surface area contributed by atoms with Crippen LogP contribution in [0.3, 0.4) is 0 Å². The Kier molecular flexibility index (Phi) is 4.31. The van der Waals surface area contributed by atoms with Gasteiger partial charge in [0.1, 0.15) is 5.82 Å². The highest BCUT2D eigenvalue weighted by Gasteiger charge is 2.08. The van der Waals surface area contributed by atoms with Gasteiger partial charge in [-0.15, -0.1) is 0 Å². The molecule has 0 unspecified atom stereocenters. The van der Waals surface area contributed by atoms with Crippen LogP contribution in [0.1, 0.15) is 16.1 Å². The molecule has 1 heterocycles. The molecule has 0 saturated heterocycles. The van der Waals surface area contributed by atoms with Crippen LogP contribution in [0.2, 0.25) is 0 Å². The van der Waals surface area contributed by atoms with Crippen LogP contribution in [0, 0.1) is 5.82 Å². The second-order valence-electron chi connectivity index (χ2n) is 4.08. The summed E-state index contributed by atoms with van der Waals surface area (Å²) in [4.78, 5) is 11.8. The third kappa shape index (κ3) is 3.41. The highest BCUT2D eigenvalue weighted by Crippen LogP contribution is 2.16. The average molecular weight is 326 g/mol. The molecule has 0 radical (unpaired) electrons. The van der Waals surface area contributed by atoms with Crippen molar-refractivity contribution in [3.63, 3.8) is 0 Å². The first-order valence-corrected chi connectivity index (χ1v) is 6.57. The number of amides is 1. The van der Waals surface area contributed by atoms with Gasteiger partial charge in [-0.25, -0.2) is 4.39 Å². The fourth-order valence-electron chi connectivity index (χ4n) is 1.69. The largest absolute Gasteiger partial charge is 0.352 e. The summed E-state index contributed by atoms with van der Waals surface area (Å²) in [5.41, 5.74) is 1.34. The van der Waals surface area contributed by atoms with E-state index in [-0.39, 0.29) is 5.91 Å². The lowest BCUT2D eigenvalue weighted by molar-refractivity contribution is 0.0953. The summed E-state index contributed by atoms with van der Waals surface area (Å²) in [6.45, 7) is 0.482. The minimum Gasteiger partial charge on any atom is -0.352 e. The van der Waals surface area contributed by atoms with Crippen molar-refractivity contribution in [2.24, 2.45) is 7.05 Å². The molecule has 1 N–H and O–H groups in total. The summed E-state index contributed by atoms with van der Waals surface area (Å²) in [6.07, 6.45) is 2.39. The zero-order valence-electron chi connectivity index (χ0n) is 10.4. The standard InChI is InChI=1S/C13H13BrFN3O/c1-18-10(5-7-17-18)4-6-16-13(19)9-2-3-11(14)12(15)8-9/h2-3,5,7-8H,4,6H2,1H3,(H,16,19). The van der Waals surface area contributed by atoms with Crippen LogP contribution in [0.15, 0.2) is 34.9 Å². The van der Waals surface area contributed by atoms with Crippen LogP contribution in [-0.4, -0.2) is 22.2 Å². The molecule has 0 spiro atoms. The van der Waals surface area contributed by atoms with Crippen molar-refractivity contribution in [1.82, 2.24) is 15.1 Å². The quantitative estimate of drug-likeness (QED) is 0.937. The van der Waals surface area contributed by atoms with Gasteiger partial charge < -0.3 is 5.32 Å². The molecule has 1 aromatic heterocycles. The van der Waals surface area contributed by atoms with Gasteiger partial charge in [0.25, 0.3) is 5.91 Å². The zero-order chi connectivity index (χ0) is 13.8. The number of aromatic nitrogens is 2. The van der Waals surface area contributed by atoms with Crippen molar-refractivity contribution in [1.29, 1.82) is 0 Å². The molecule has 100 valence electrons. The Morgan fingerprint density at radius 3 is 2.89 bits per heavy atom. The SMILES string of the molecule is Cn1nccc1CCNC(=O)c1ccc(Br)c(F)c1. The molecule has 1 aromatic carbocycles. The normalized spacial score (nSPS) is 10.5. The molecule has 1 amide bonds. The predicted octanol–water partition coefficient (Wildman–Crippen LogP) is 2.29. The first kappa shape index (κ1) is 13.7. The third-order valence-corrected chi connectivity index (χ3v) is 3.41. The number of nitrogens with one attached hydrogen (secondary N) is 1. The molecule has 0 saturated carbocycles. The van der Waals surface area contributed by atoms with E-state index in [2.05, 4.69) is 26.3 Å². The number of hydrogen-bond acceptors (Lipinski definition) is 2. The predicted molar refractivity (Wildman–Crippen MR) is 73.3 cm³/mol. The summed E-state index contributed by atoms with van der Waals surface area (Å²) in [7, 11) is 1.85. The van der Waals surface area contributed by atoms with E-state index >= 15 is 0 Å². The van der Waals surface area contributed by atoms with Crippen molar-refractivity contribution in [2.45, 2.75) is 6.42 Å². The fraction of sp³-hybridized carbons (Fsp3) is 0.231. The fourth-order valence-corrected chi connectivity index (χ4v) is 1.94. The monoisotopic (exact) mass is 325 g/mol. The van der Waals surface area contributed by atoms with Gasteiger partial charge in [0.2, 0.25) is 0 Å². The van der Waals surface area contributed by atoms with Crippen molar-refractivity contribution in [3.8, 4) is 0 Å². The Morgan fingerprint density at radius 2 is 2.26 bits per heavy atom. The van der Waals surface area contributed by atoms with Crippen molar-refractivity contribution < 1.29 is 9.18 Å². The van der Waals surface area contributed by atoms with E-state index < -0.39 is 5.82 Å². The van der Waals surface area contributed by atoms with Crippen LogP contribution >= 0.6 is 15.9 Å². The van der Waals surface area contributed by atoms with Crippen molar-refractivity contribution in [3.05, 3.63) is 52.0 Å². The zero-order valence-corrected chi connectivity index (χ0v) is 11.9. The number of halogens is 2. The van der Waals surface area contributed by atoms with E-state index in [9.17, 15) is 9.18 Å². The Balaban J connectivity index is 1.91. The maximum absolute atomic E-state index is 13.3. The highest BCUT2D eigenvalue weighted by atomic mass is 79.9. The Morgan fingerprint density at radius 1 is 1.47 bits per heavy atom. The van der Waals surface area contributed by atoms with E-state index in [1.807, 2.05) is 13.1 Å². The van der Waals surface area contributed by atoms with Crippen molar-refractivity contribution >= 4 is 21.8 Å². The molecule has 0 aliphatic rings. The smallest absolute Gasteiger partial charge is 0.251 e. The van der Waals surface area contributed by atoms with Crippen LogP contribution in [-0.2, 0) is 13.5 Å².